The number of hydrogen-bond donors (Lipinski definition) is 1. The molecule has 0 radical (unpaired) electrons. The van der Waals surface area contributed by atoms with Crippen molar-refractivity contribution in [2.24, 2.45) is 5.92 Å². The van der Waals surface area contributed by atoms with Crippen LogP contribution in [0.5, 0.6) is 0 Å². The molecule has 1 N–H and O–H groups in total. The smallest absolute Gasteiger partial charge is 0.148 e. The molecule has 1 aromatic heterocycles. The average Bonchev–Trinajstić information content (AvgIpc) is 2.86. The van der Waals surface area contributed by atoms with E-state index in [9.17, 15) is 0 Å². The van der Waals surface area contributed by atoms with Crippen molar-refractivity contribution in [2.75, 3.05) is 13.1 Å². The molecule has 3 nitrogen and oxygen atoms in total. The Bertz CT molecular complexity index is 584. The molecule has 2 rings (SSSR count). The van der Waals surface area contributed by atoms with Crippen LogP contribution in [0.2, 0.25) is 0 Å². The molecule has 2 aromatic rings. The number of hydrogen-bond acceptors (Lipinski definition) is 4. The maximum absolute atomic E-state index is 4.31. The van der Waals surface area contributed by atoms with Crippen LogP contribution in [0.25, 0.3) is 10.6 Å². The molecular weight excluding hydrogens is 414 g/mol. The van der Waals surface area contributed by atoms with E-state index in [1.807, 2.05) is 12.1 Å². The Kier molecular flexibility index (Phi) is 6.79. The molecule has 6 heteroatoms. The van der Waals surface area contributed by atoms with E-state index in [2.05, 4.69) is 67.3 Å². The van der Waals surface area contributed by atoms with Gasteiger partial charge in [0.25, 0.3) is 0 Å². The van der Waals surface area contributed by atoms with Crippen molar-refractivity contribution < 1.29 is 0 Å². The molecule has 0 atom stereocenters. The van der Waals surface area contributed by atoms with Crippen LogP contribution >= 0.6 is 43.2 Å². The first-order valence-electron chi connectivity index (χ1n) is 7.05. The fourth-order valence-corrected chi connectivity index (χ4v) is 4.17. The third kappa shape index (κ3) is 5.43. The molecule has 114 valence electrons. The van der Waals surface area contributed by atoms with Gasteiger partial charge in [0.1, 0.15) is 10.0 Å². The Labute approximate surface area is 146 Å². The third-order valence-corrected chi connectivity index (χ3v) is 5.09. The van der Waals surface area contributed by atoms with E-state index in [0.717, 1.165) is 50.5 Å². The topological polar surface area (TPSA) is 37.8 Å². The zero-order valence-corrected chi connectivity index (χ0v) is 16.2. The highest BCUT2D eigenvalue weighted by atomic mass is 79.9. The SMILES string of the molecule is CC(C)CNCCCc1nnc(-c2ccc(Br)cc2Br)s1. The number of benzene rings is 1. The summed E-state index contributed by atoms with van der Waals surface area (Å²) in [5.41, 5.74) is 1.10. The van der Waals surface area contributed by atoms with E-state index in [0.29, 0.717) is 5.92 Å². The van der Waals surface area contributed by atoms with Gasteiger partial charge in [0.15, 0.2) is 0 Å². The first-order valence-corrected chi connectivity index (χ1v) is 9.45. The Hall–Kier alpha value is -0.300. The van der Waals surface area contributed by atoms with E-state index in [1.54, 1.807) is 11.3 Å². The zero-order valence-electron chi connectivity index (χ0n) is 12.2. The third-order valence-electron chi connectivity index (χ3n) is 2.93. The van der Waals surface area contributed by atoms with Crippen molar-refractivity contribution in [3.8, 4) is 10.6 Å². The predicted molar refractivity (Wildman–Crippen MR) is 96.8 cm³/mol. The van der Waals surface area contributed by atoms with E-state index in [1.165, 1.54) is 0 Å². The van der Waals surface area contributed by atoms with E-state index in [4.69, 9.17) is 0 Å². The van der Waals surface area contributed by atoms with Gasteiger partial charge in [-0.25, -0.2) is 0 Å². The Morgan fingerprint density at radius 1 is 1.24 bits per heavy atom. The Morgan fingerprint density at radius 3 is 2.76 bits per heavy atom. The van der Waals surface area contributed by atoms with Gasteiger partial charge >= 0.3 is 0 Å². The molecule has 0 spiro atoms. The second-order valence-corrected chi connectivity index (χ2v) is 8.16. The molecule has 0 aliphatic heterocycles. The lowest BCUT2D eigenvalue weighted by atomic mass is 10.2. The maximum Gasteiger partial charge on any atom is 0.148 e. The maximum atomic E-state index is 4.31. The van der Waals surface area contributed by atoms with Crippen molar-refractivity contribution >= 4 is 43.2 Å². The van der Waals surface area contributed by atoms with E-state index in [-0.39, 0.29) is 0 Å². The van der Waals surface area contributed by atoms with Crippen LogP contribution in [0.15, 0.2) is 27.1 Å². The van der Waals surface area contributed by atoms with Gasteiger partial charge in [0.05, 0.1) is 0 Å². The summed E-state index contributed by atoms with van der Waals surface area (Å²) < 4.78 is 2.09. The summed E-state index contributed by atoms with van der Waals surface area (Å²) in [6.45, 7) is 6.56. The fourth-order valence-electron chi connectivity index (χ4n) is 1.88. The van der Waals surface area contributed by atoms with Crippen LogP contribution in [-0.2, 0) is 6.42 Å². The first-order chi connectivity index (χ1) is 10.1. The minimum atomic E-state index is 0.702. The lowest BCUT2D eigenvalue weighted by molar-refractivity contribution is 0.542. The lowest BCUT2D eigenvalue weighted by Crippen LogP contribution is -2.21. The summed E-state index contributed by atoms with van der Waals surface area (Å²) in [6.07, 6.45) is 2.08. The average molecular weight is 433 g/mol. The van der Waals surface area contributed by atoms with Crippen molar-refractivity contribution in [3.63, 3.8) is 0 Å². The molecule has 0 fully saturated rings. The summed E-state index contributed by atoms with van der Waals surface area (Å²) in [6, 6.07) is 6.12. The number of aromatic nitrogens is 2. The van der Waals surface area contributed by atoms with Gasteiger partial charge in [0.2, 0.25) is 0 Å². The quantitative estimate of drug-likeness (QED) is 0.631. The predicted octanol–water partition coefficient (Wildman–Crippen LogP) is 4.91. The Morgan fingerprint density at radius 2 is 2.05 bits per heavy atom. The van der Waals surface area contributed by atoms with Gasteiger partial charge in [0, 0.05) is 20.9 Å². The minimum absolute atomic E-state index is 0.702. The minimum Gasteiger partial charge on any atom is -0.316 e. The van der Waals surface area contributed by atoms with Crippen molar-refractivity contribution in [3.05, 3.63) is 32.2 Å². The molecule has 0 saturated heterocycles. The van der Waals surface area contributed by atoms with Gasteiger partial charge in [-0.1, -0.05) is 57.0 Å². The molecule has 0 bridgehead atoms. The van der Waals surface area contributed by atoms with Crippen molar-refractivity contribution in [2.45, 2.75) is 26.7 Å². The number of nitrogens with zero attached hydrogens (tertiary/aromatic N) is 2. The standard InChI is InChI=1S/C15H19Br2N3S/c1-10(2)9-18-7-3-4-14-19-20-15(21-14)12-6-5-11(16)8-13(12)17/h5-6,8,10,18H,3-4,7,9H2,1-2H3. The number of nitrogens with one attached hydrogen (secondary N) is 1. The monoisotopic (exact) mass is 431 g/mol. The van der Waals surface area contributed by atoms with E-state index < -0.39 is 0 Å². The number of rotatable bonds is 7. The van der Waals surface area contributed by atoms with Crippen LogP contribution in [0.3, 0.4) is 0 Å². The summed E-state index contributed by atoms with van der Waals surface area (Å²) in [4.78, 5) is 0. The van der Waals surface area contributed by atoms with Crippen LogP contribution in [0, 0.1) is 5.92 Å². The molecule has 0 aliphatic carbocycles. The van der Waals surface area contributed by atoms with Crippen LogP contribution in [0.4, 0.5) is 0 Å². The van der Waals surface area contributed by atoms with Crippen LogP contribution in [-0.4, -0.2) is 23.3 Å². The summed E-state index contributed by atoms with van der Waals surface area (Å²) >= 11 is 8.72. The molecule has 1 heterocycles. The summed E-state index contributed by atoms with van der Waals surface area (Å²) in [5, 5.41) is 14.1. The first kappa shape index (κ1) is 17.1. The highest BCUT2D eigenvalue weighted by Crippen LogP contribution is 2.32. The summed E-state index contributed by atoms with van der Waals surface area (Å²) in [5.74, 6) is 0.702. The molecule has 0 unspecified atom stereocenters. The molecule has 0 aliphatic rings. The van der Waals surface area contributed by atoms with Crippen molar-refractivity contribution in [1.29, 1.82) is 0 Å². The molecule has 1 aromatic carbocycles. The van der Waals surface area contributed by atoms with Gasteiger partial charge in [-0.3, -0.25) is 0 Å². The number of halogens is 2. The van der Waals surface area contributed by atoms with Crippen LogP contribution < -0.4 is 5.32 Å². The lowest BCUT2D eigenvalue weighted by Gasteiger charge is -2.05. The largest absolute Gasteiger partial charge is 0.316 e. The van der Waals surface area contributed by atoms with Gasteiger partial charge in [-0.2, -0.15) is 0 Å². The van der Waals surface area contributed by atoms with Gasteiger partial charge in [-0.15, -0.1) is 10.2 Å². The second-order valence-electron chi connectivity index (χ2n) is 5.33. The molecule has 21 heavy (non-hydrogen) atoms. The number of aryl methyl sites for hydroxylation is 1. The highest BCUT2D eigenvalue weighted by molar-refractivity contribution is 9.11. The van der Waals surface area contributed by atoms with Gasteiger partial charge < -0.3 is 5.32 Å². The molecular formula is C15H19Br2N3S. The zero-order chi connectivity index (χ0) is 15.2. The highest BCUT2D eigenvalue weighted by Gasteiger charge is 2.10. The molecule has 0 saturated carbocycles. The summed E-state index contributed by atoms with van der Waals surface area (Å²) in [7, 11) is 0. The molecule has 0 amide bonds. The van der Waals surface area contributed by atoms with E-state index >= 15 is 0 Å². The Balaban J connectivity index is 1.89. The van der Waals surface area contributed by atoms with Crippen LogP contribution in [0.1, 0.15) is 25.3 Å². The fraction of sp³-hybridized carbons (Fsp3) is 0.467. The second kappa shape index (κ2) is 8.36. The van der Waals surface area contributed by atoms with Gasteiger partial charge in [-0.05, 0) is 43.6 Å². The normalized spacial score (nSPS) is 11.3. The van der Waals surface area contributed by atoms with Crippen molar-refractivity contribution in [1.82, 2.24) is 15.5 Å².